The molecule has 0 bridgehead atoms. The van der Waals surface area contributed by atoms with Crippen LogP contribution >= 0.6 is 0 Å². The van der Waals surface area contributed by atoms with Gasteiger partial charge in [-0.25, -0.2) is 0 Å². The summed E-state index contributed by atoms with van der Waals surface area (Å²) in [5.74, 6) is -0.980. The molecule has 7 heteroatoms. The molecule has 0 spiro atoms. The number of nitro benzene ring substituents is 1. The number of nitro groups is 1. The van der Waals surface area contributed by atoms with Crippen molar-refractivity contribution in [3.63, 3.8) is 0 Å². The van der Waals surface area contributed by atoms with Crippen LogP contribution in [0.25, 0.3) is 0 Å². The predicted octanol–water partition coefficient (Wildman–Crippen LogP) is 2.03. The maximum atomic E-state index is 13.3. The Morgan fingerprint density at radius 2 is 2.21 bits per heavy atom. The smallest absolute Gasteiger partial charge is 0.305 e. The summed E-state index contributed by atoms with van der Waals surface area (Å²) in [4.78, 5) is 20.9. The number of hydrogen-bond acceptors (Lipinski definition) is 4. The normalized spacial score (nSPS) is 10.3. The second kappa shape index (κ2) is 6.67. The van der Waals surface area contributed by atoms with E-state index in [1.165, 1.54) is 6.07 Å². The Hall–Kier alpha value is -2.18. The summed E-state index contributed by atoms with van der Waals surface area (Å²) in [6, 6.07) is 3.29. The molecular weight excluding hydrogens is 255 g/mol. The highest BCUT2D eigenvalue weighted by molar-refractivity contribution is 5.76. The molecular formula is C12H15FN2O4. The zero-order chi connectivity index (χ0) is 14.4. The Morgan fingerprint density at radius 1 is 1.53 bits per heavy atom. The monoisotopic (exact) mass is 270 g/mol. The van der Waals surface area contributed by atoms with E-state index in [4.69, 9.17) is 4.74 Å². The van der Waals surface area contributed by atoms with Crippen molar-refractivity contribution in [2.24, 2.45) is 0 Å². The molecule has 0 unspecified atom stereocenters. The third kappa shape index (κ3) is 4.90. The summed E-state index contributed by atoms with van der Waals surface area (Å²) in [5.41, 5.74) is -0.607. The van der Waals surface area contributed by atoms with E-state index >= 15 is 0 Å². The van der Waals surface area contributed by atoms with E-state index in [1.54, 1.807) is 0 Å². The summed E-state index contributed by atoms with van der Waals surface area (Å²) < 4.78 is 18.4. The first-order chi connectivity index (χ1) is 8.90. The second-order valence-corrected chi connectivity index (χ2v) is 4.19. The average molecular weight is 270 g/mol. The number of carbonyl (C=O) groups excluding carboxylic acids is 1. The van der Waals surface area contributed by atoms with E-state index in [0.29, 0.717) is 0 Å². The van der Waals surface area contributed by atoms with Gasteiger partial charge < -0.3 is 10.1 Å². The first kappa shape index (κ1) is 14.9. The number of halogens is 1. The third-order valence-electron chi connectivity index (χ3n) is 2.16. The van der Waals surface area contributed by atoms with Crippen molar-refractivity contribution < 1.29 is 18.8 Å². The molecule has 1 rings (SSSR count). The molecule has 0 aliphatic heterocycles. The fourth-order valence-corrected chi connectivity index (χ4v) is 1.38. The minimum Gasteiger partial charge on any atom is -0.493 e. The average Bonchev–Trinajstić information content (AvgIpc) is 2.27. The molecule has 0 saturated carbocycles. The molecule has 1 N–H and O–H groups in total. The molecule has 6 nitrogen and oxygen atoms in total. The van der Waals surface area contributed by atoms with Gasteiger partial charge in [-0.05, 0) is 19.9 Å². The van der Waals surface area contributed by atoms with Gasteiger partial charge in [-0.3, -0.25) is 14.9 Å². The quantitative estimate of drug-likeness (QED) is 0.633. The summed E-state index contributed by atoms with van der Waals surface area (Å²) in [7, 11) is 0. The van der Waals surface area contributed by atoms with E-state index in [9.17, 15) is 19.3 Å². The lowest BCUT2D eigenvalue weighted by atomic mass is 10.3. The maximum absolute atomic E-state index is 13.3. The molecule has 0 aliphatic rings. The lowest BCUT2D eigenvalue weighted by molar-refractivity contribution is -0.387. The molecule has 1 aromatic carbocycles. The molecule has 0 heterocycles. The van der Waals surface area contributed by atoms with Crippen LogP contribution in [-0.2, 0) is 4.79 Å². The molecule has 19 heavy (non-hydrogen) atoms. The Labute approximate surface area is 109 Å². The Morgan fingerprint density at radius 3 is 2.74 bits per heavy atom. The van der Waals surface area contributed by atoms with Gasteiger partial charge in [0.1, 0.15) is 5.75 Å². The number of amides is 1. The van der Waals surface area contributed by atoms with Crippen LogP contribution in [0.4, 0.5) is 10.1 Å². The van der Waals surface area contributed by atoms with Crippen molar-refractivity contribution in [2.45, 2.75) is 26.3 Å². The van der Waals surface area contributed by atoms with Crippen LogP contribution in [0.15, 0.2) is 18.2 Å². The molecule has 1 aromatic rings. The van der Waals surface area contributed by atoms with Gasteiger partial charge in [0.15, 0.2) is 0 Å². The van der Waals surface area contributed by atoms with Crippen LogP contribution in [0.5, 0.6) is 5.75 Å². The molecule has 0 saturated heterocycles. The largest absolute Gasteiger partial charge is 0.493 e. The zero-order valence-corrected chi connectivity index (χ0v) is 10.7. The van der Waals surface area contributed by atoms with Gasteiger partial charge in [-0.1, -0.05) is 0 Å². The SMILES string of the molecule is CC(C)NC(=O)CCOc1ccc([N+](=O)[O-])c(F)c1. The molecule has 0 atom stereocenters. The maximum Gasteiger partial charge on any atom is 0.305 e. The van der Waals surface area contributed by atoms with Gasteiger partial charge in [0.25, 0.3) is 0 Å². The molecule has 1 amide bonds. The van der Waals surface area contributed by atoms with E-state index < -0.39 is 16.4 Å². The van der Waals surface area contributed by atoms with Gasteiger partial charge >= 0.3 is 5.69 Å². The summed E-state index contributed by atoms with van der Waals surface area (Å²) >= 11 is 0. The van der Waals surface area contributed by atoms with Crippen LogP contribution in [-0.4, -0.2) is 23.5 Å². The van der Waals surface area contributed by atoms with Crippen LogP contribution in [0.2, 0.25) is 0 Å². The van der Waals surface area contributed by atoms with Gasteiger partial charge in [-0.2, -0.15) is 4.39 Å². The minimum atomic E-state index is -0.964. The number of hydrogen-bond donors (Lipinski definition) is 1. The fraction of sp³-hybridized carbons (Fsp3) is 0.417. The zero-order valence-electron chi connectivity index (χ0n) is 10.7. The Bertz CT molecular complexity index is 477. The van der Waals surface area contributed by atoms with Crippen molar-refractivity contribution in [3.05, 3.63) is 34.1 Å². The van der Waals surface area contributed by atoms with E-state index in [-0.39, 0.29) is 30.7 Å². The molecule has 104 valence electrons. The van der Waals surface area contributed by atoms with Crippen LogP contribution in [0, 0.1) is 15.9 Å². The van der Waals surface area contributed by atoms with Crippen molar-refractivity contribution in [1.82, 2.24) is 5.32 Å². The lowest BCUT2D eigenvalue weighted by Gasteiger charge is -2.09. The first-order valence-electron chi connectivity index (χ1n) is 5.76. The third-order valence-corrected chi connectivity index (χ3v) is 2.16. The van der Waals surface area contributed by atoms with Crippen molar-refractivity contribution in [3.8, 4) is 5.75 Å². The highest BCUT2D eigenvalue weighted by atomic mass is 19.1. The first-order valence-corrected chi connectivity index (χ1v) is 5.76. The van der Waals surface area contributed by atoms with Gasteiger partial charge in [-0.15, -0.1) is 0 Å². The van der Waals surface area contributed by atoms with Gasteiger partial charge in [0, 0.05) is 18.2 Å². The van der Waals surface area contributed by atoms with Crippen molar-refractivity contribution in [2.75, 3.05) is 6.61 Å². The van der Waals surface area contributed by atoms with Crippen LogP contribution < -0.4 is 10.1 Å². The van der Waals surface area contributed by atoms with E-state index in [0.717, 1.165) is 12.1 Å². The molecule has 0 aliphatic carbocycles. The second-order valence-electron chi connectivity index (χ2n) is 4.19. The Kier molecular flexibility index (Phi) is 5.23. The number of carbonyl (C=O) groups is 1. The number of rotatable bonds is 6. The molecule has 0 radical (unpaired) electrons. The number of ether oxygens (including phenoxy) is 1. The number of nitrogens with one attached hydrogen (secondary N) is 1. The van der Waals surface area contributed by atoms with E-state index in [2.05, 4.69) is 5.32 Å². The van der Waals surface area contributed by atoms with Gasteiger partial charge in [0.05, 0.1) is 18.0 Å². The Balaban J connectivity index is 2.48. The standard InChI is InChI=1S/C12H15FN2O4/c1-8(2)14-12(16)5-6-19-9-3-4-11(15(17)18)10(13)7-9/h3-4,7-8H,5-6H2,1-2H3,(H,14,16). The summed E-state index contributed by atoms with van der Waals surface area (Å²) in [6.07, 6.45) is 0.136. The minimum absolute atomic E-state index is 0.0457. The fourth-order valence-electron chi connectivity index (χ4n) is 1.38. The highest BCUT2D eigenvalue weighted by Gasteiger charge is 2.14. The predicted molar refractivity (Wildman–Crippen MR) is 66.4 cm³/mol. The van der Waals surface area contributed by atoms with Crippen molar-refractivity contribution in [1.29, 1.82) is 0 Å². The number of benzene rings is 1. The topological polar surface area (TPSA) is 81.5 Å². The van der Waals surface area contributed by atoms with E-state index in [1.807, 2.05) is 13.8 Å². The molecule has 0 aromatic heterocycles. The molecule has 0 fully saturated rings. The lowest BCUT2D eigenvalue weighted by Crippen LogP contribution is -2.31. The highest BCUT2D eigenvalue weighted by Crippen LogP contribution is 2.22. The summed E-state index contributed by atoms with van der Waals surface area (Å²) in [5, 5.41) is 13.1. The van der Waals surface area contributed by atoms with Crippen molar-refractivity contribution >= 4 is 11.6 Å². The van der Waals surface area contributed by atoms with Crippen LogP contribution in [0.1, 0.15) is 20.3 Å². The van der Waals surface area contributed by atoms with Crippen LogP contribution in [0.3, 0.4) is 0 Å². The van der Waals surface area contributed by atoms with Gasteiger partial charge in [0.2, 0.25) is 11.7 Å². The number of nitrogens with zero attached hydrogens (tertiary/aromatic N) is 1. The summed E-state index contributed by atoms with van der Waals surface area (Å²) in [6.45, 7) is 3.75.